The van der Waals surface area contributed by atoms with Crippen LogP contribution in [0.2, 0.25) is 0 Å². The van der Waals surface area contributed by atoms with Crippen LogP contribution in [0.25, 0.3) is 0 Å². The lowest BCUT2D eigenvalue weighted by atomic mass is 10.4. The van der Waals surface area contributed by atoms with Crippen LogP contribution >= 0.6 is 12.2 Å². The minimum absolute atomic E-state index is 0.190. The van der Waals surface area contributed by atoms with Gasteiger partial charge < -0.3 is 4.90 Å². The molecule has 6 heteroatoms. The number of pyridine rings is 1. The highest BCUT2D eigenvalue weighted by Crippen LogP contribution is 2.15. The van der Waals surface area contributed by atoms with Gasteiger partial charge in [-0.15, -0.1) is 0 Å². The molecule has 0 bridgehead atoms. The third-order valence-corrected chi connectivity index (χ3v) is 2.83. The molecule has 1 aliphatic rings. The Labute approximate surface area is 98.4 Å². The van der Waals surface area contributed by atoms with Gasteiger partial charge in [-0.2, -0.15) is 0 Å². The van der Waals surface area contributed by atoms with Gasteiger partial charge in [0.1, 0.15) is 0 Å². The summed E-state index contributed by atoms with van der Waals surface area (Å²) in [5.41, 5.74) is 0.684. The van der Waals surface area contributed by atoms with Crippen molar-refractivity contribution in [3.05, 3.63) is 24.5 Å². The van der Waals surface area contributed by atoms with E-state index in [1.54, 1.807) is 43.5 Å². The smallest absolute Gasteiger partial charge is 0.295 e. The van der Waals surface area contributed by atoms with Crippen LogP contribution in [0.1, 0.15) is 0 Å². The zero-order chi connectivity index (χ0) is 11.7. The summed E-state index contributed by atoms with van der Waals surface area (Å²) in [5, 5.41) is 0.456. The molecule has 1 saturated heterocycles. The van der Waals surface area contributed by atoms with Gasteiger partial charge in [-0.3, -0.25) is 14.7 Å². The van der Waals surface area contributed by atoms with Crippen LogP contribution in [0, 0.1) is 0 Å². The second kappa shape index (κ2) is 3.97. The van der Waals surface area contributed by atoms with Gasteiger partial charge in [0, 0.05) is 26.5 Å². The first-order valence-corrected chi connectivity index (χ1v) is 5.06. The van der Waals surface area contributed by atoms with Crippen LogP contribution in [-0.2, 0) is 4.79 Å². The molecular formula is C10H10N4OS. The normalized spacial score (nSPS) is 18.8. The van der Waals surface area contributed by atoms with E-state index in [1.807, 2.05) is 0 Å². The molecule has 2 rings (SSSR count). The molecule has 0 aliphatic carbocycles. The Morgan fingerprint density at radius 3 is 2.38 bits per heavy atom. The van der Waals surface area contributed by atoms with Gasteiger partial charge >= 0.3 is 0 Å². The van der Waals surface area contributed by atoms with Gasteiger partial charge in [-0.25, -0.2) is 4.99 Å². The van der Waals surface area contributed by atoms with Crippen LogP contribution in [0.3, 0.4) is 0 Å². The summed E-state index contributed by atoms with van der Waals surface area (Å²) in [6.45, 7) is 0. The third-order valence-electron chi connectivity index (χ3n) is 2.29. The predicted octanol–water partition coefficient (Wildman–Crippen LogP) is 0.800. The van der Waals surface area contributed by atoms with Crippen molar-refractivity contribution < 1.29 is 4.79 Å². The van der Waals surface area contributed by atoms with Gasteiger partial charge in [0.2, 0.25) is 5.84 Å². The van der Waals surface area contributed by atoms with Crippen LogP contribution in [0.15, 0.2) is 29.5 Å². The van der Waals surface area contributed by atoms with E-state index in [-0.39, 0.29) is 5.91 Å². The van der Waals surface area contributed by atoms with Crippen LogP contribution in [0.5, 0.6) is 0 Å². The Balaban J connectivity index is 2.39. The number of carbonyl (C=O) groups is 1. The number of amidine groups is 1. The molecule has 1 fully saturated rings. The summed E-state index contributed by atoms with van der Waals surface area (Å²) >= 11 is 5.07. The molecule has 0 radical (unpaired) electrons. The molecule has 1 aromatic rings. The number of aromatic nitrogens is 1. The topological polar surface area (TPSA) is 48.8 Å². The highest BCUT2D eigenvalue weighted by molar-refractivity contribution is 7.80. The maximum atomic E-state index is 11.8. The quantitative estimate of drug-likeness (QED) is 0.674. The first-order valence-electron chi connectivity index (χ1n) is 4.65. The van der Waals surface area contributed by atoms with E-state index in [2.05, 4.69) is 9.98 Å². The minimum Gasteiger partial charge on any atom is -0.301 e. The highest BCUT2D eigenvalue weighted by Gasteiger charge is 2.34. The van der Waals surface area contributed by atoms with Crippen molar-refractivity contribution >= 4 is 34.8 Å². The van der Waals surface area contributed by atoms with Crippen molar-refractivity contribution in [1.82, 2.24) is 14.8 Å². The fraction of sp³-hybridized carbons (Fsp3) is 0.200. The van der Waals surface area contributed by atoms with Crippen LogP contribution in [0.4, 0.5) is 5.69 Å². The summed E-state index contributed by atoms with van der Waals surface area (Å²) in [5.74, 6) is 0.142. The molecular weight excluding hydrogens is 224 g/mol. The van der Waals surface area contributed by atoms with Crippen molar-refractivity contribution in [1.29, 1.82) is 0 Å². The number of thiocarbonyl (C=S) groups is 1. The second-order valence-electron chi connectivity index (χ2n) is 3.35. The van der Waals surface area contributed by atoms with E-state index in [1.165, 1.54) is 4.90 Å². The second-order valence-corrected chi connectivity index (χ2v) is 3.71. The number of nitrogens with zero attached hydrogens (tertiary/aromatic N) is 4. The maximum absolute atomic E-state index is 11.8. The summed E-state index contributed by atoms with van der Waals surface area (Å²) < 4.78 is 0. The Bertz CT molecular complexity index is 471. The molecule has 0 unspecified atom stereocenters. The number of rotatable bonds is 1. The lowest BCUT2D eigenvalue weighted by molar-refractivity contribution is -0.119. The number of carbonyl (C=O) groups excluding carboxylic acids is 1. The number of hydrogen-bond donors (Lipinski definition) is 0. The van der Waals surface area contributed by atoms with E-state index in [0.717, 1.165) is 0 Å². The van der Waals surface area contributed by atoms with Crippen molar-refractivity contribution in [2.45, 2.75) is 0 Å². The molecule has 5 nitrogen and oxygen atoms in total. The number of likely N-dealkylation sites (N-methyl/N-ethyl adjacent to an activating group) is 2. The van der Waals surface area contributed by atoms with E-state index in [0.29, 0.717) is 16.6 Å². The zero-order valence-corrected chi connectivity index (χ0v) is 9.73. The molecule has 0 spiro atoms. The van der Waals surface area contributed by atoms with Crippen LogP contribution < -0.4 is 0 Å². The first kappa shape index (κ1) is 10.7. The molecule has 0 saturated carbocycles. The van der Waals surface area contributed by atoms with Gasteiger partial charge in [-0.1, -0.05) is 0 Å². The fourth-order valence-electron chi connectivity index (χ4n) is 1.36. The number of aliphatic imine (C=N–C) groups is 1. The van der Waals surface area contributed by atoms with E-state index < -0.39 is 0 Å². The van der Waals surface area contributed by atoms with Crippen molar-refractivity contribution in [2.75, 3.05) is 14.1 Å². The van der Waals surface area contributed by atoms with Gasteiger partial charge in [0.15, 0.2) is 5.11 Å². The van der Waals surface area contributed by atoms with E-state index in [9.17, 15) is 4.79 Å². The van der Waals surface area contributed by atoms with E-state index >= 15 is 0 Å². The van der Waals surface area contributed by atoms with Gasteiger partial charge in [-0.05, 0) is 24.4 Å². The SMILES string of the molecule is CN1C(=O)C(=Nc2ccncc2)N(C)C1=S. The molecule has 2 heterocycles. The molecule has 0 aromatic carbocycles. The largest absolute Gasteiger partial charge is 0.301 e. The number of hydrogen-bond acceptors (Lipinski definition) is 4. The molecule has 1 amide bonds. The lowest BCUT2D eigenvalue weighted by Gasteiger charge is -2.09. The summed E-state index contributed by atoms with van der Waals surface area (Å²) in [7, 11) is 3.36. The molecule has 82 valence electrons. The zero-order valence-electron chi connectivity index (χ0n) is 8.91. The molecule has 16 heavy (non-hydrogen) atoms. The molecule has 1 aromatic heterocycles. The first-order chi connectivity index (χ1) is 7.61. The van der Waals surface area contributed by atoms with Crippen molar-refractivity contribution in [3.63, 3.8) is 0 Å². The standard InChI is InChI=1S/C10H10N4OS/c1-13-8(9(15)14(2)10(13)16)12-7-3-5-11-6-4-7/h3-6H,1-2H3. The predicted molar refractivity (Wildman–Crippen MR) is 64.5 cm³/mol. The summed E-state index contributed by atoms with van der Waals surface area (Å²) in [6.07, 6.45) is 3.25. The third kappa shape index (κ3) is 1.67. The monoisotopic (exact) mass is 234 g/mol. The van der Waals surface area contributed by atoms with E-state index in [4.69, 9.17) is 12.2 Å². The Morgan fingerprint density at radius 2 is 1.88 bits per heavy atom. The molecule has 1 aliphatic heterocycles. The Hall–Kier alpha value is -1.82. The van der Waals surface area contributed by atoms with Gasteiger partial charge in [0.05, 0.1) is 5.69 Å². The number of amides is 1. The van der Waals surface area contributed by atoms with Crippen LogP contribution in [-0.4, -0.2) is 45.7 Å². The average Bonchev–Trinajstić information content (AvgIpc) is 2.48. The minimum atomic E-state index is -0.190. The maximum Gasteiger partial charge on any atom is 0.295 e. The summed E-state index contributed by atoms with van der Waals surface area (Å²) in [6, 6.07) is 3.46. The Kier molecular flexibility index (Phi) is 2.66. The average molecular weight is 234 g/mol. The Morgan fingerprint density at radius 1 is 1.25 bits per heavy atom. The fourth-order valence-corrected chi connectivity index (χ4v) is 1.53. The van der Waals surface area contributed by atoms with Gasteiger partial charge in [0.25, 0.3) is 5.91 Å². The lowest BCUT2D eigenvalue weighted by Crippen LogP contribution is -2.27. The highest BCUT2D eigenvalue weighted by atomic mass is 32.1. The van der Waals surface area contributed by atoms with Crippen molar-refractivity contribution in [3.8, 4) is 0 Å². The van der Waals surface area contributed by atoms with Crippen molar-refractivity contribution in [2.24, 2.45) is 4.99 Å². The molecule has 0 atom stereocenters. The molecule has 0 N–H and O–H groups in total. The summed E-state index contributed by atoms with van der Waals surface area (Å²) in [4.78, 5) is 22.9.